The van der Waals surface area contributed by atoms with Gasteiger partial charge in [-0.1, -0.05) is 32.0 Å². The van der Waals surface area contributed by atoms with Crippen molar-refractivity contribution in [2.75, 3.05) is 11.9 Å². The molecular weight excluding hydrogens is 342 g/mol. The first kappa shape index (κ1) is 17.2. The van der Waals surface area contributed by atoms with E-state index in [2.05, 4.69) is 39.3 Å². The summed E-state index contributed by atoms with van der Waals surface area (Å²) < 4.78 is 5.18. The molecule has 27 heavy (non-hydrogen) atoms. The summed E-state index contributed by atoms with van der Waals surface area (Å²) in [4.78, 5) is 21.5. The molecule has 2 heterocycles. The number of ether oxygens (including phenoxy) is 1. The molecule has 2 N–H and O–H groups in total. The van der Waals surface area contributed by atoms with Gasteiger partial charge in [-0.3, -0.25) is 5.10 Å². The molecule has 1 aliphatic rings. The second kappa shape index (κ2) is 6.50. The third kappa shape index (κ3) is 3.05. The number of aromatic nitrogens is 4. The molecule has 0 unspecified atom stereocenters. The zero-order valence-corrected chi connectivity index (χ0v) is 15.5. The van der Waals surface area contributed by atoms with Gasteiger partial charge in [0, 0.05) is 17.4 Å². The van der Waals surface area contributed by atoms with Crippen molar-refractivity contribution in [3.63, 3.8) is 0 Å². The lowest BCUT2D eigenvalue weighted by Gasteiger charge is -2.30. The lowest BCUT2D eigenvalue weighted by Crippen LogP contribution is -2.28. The second-order valence-corrected chi connectivity index (χ2v) is 7.16. The number of anilines is 2. The fraction of sp³-hybridized carbons (Fsp3) is 0.300. The van der Waals surface area contributed by atoms with Crippen LogP contribution in [0.4, 0.5) is 11.6 Å². The third-order valence-corrected chi connectivity index (χ3v) is 4.67. The highest BCUT2D eigenvalue weighted by atomic mass is 16.5. The van der Waals surface area contributed by atoms with Crippen LogP contribution in [-0.2, 0) is 16.6 Å². The first-order chi connectivity index (χ1) is 13.0. The van der Waals surface area contributed by atoms with Crippen molar-refractivity contribution in [1.29, 1.82) is 0 Å². The van der Waals surface area contributed by atoms with Crippen LogP contribution in [0.5, 0.6) is 0 Å². The number of nitrogens with one attached hydrogen (secondary N) is 2. The summed E-state index contributed by atoms with van der Waals surface area (Å²) in [6.45, 7) is 6.28. The summed E-state index contributed by atoms with van der Waals surface area (Å²) in [5.41, 5.74) is 4.30. The Morgan fingerprint density at radius 1 is 1.26 bits per heavy atom. The predicted molar refractivity (Wildman–Crippen MR) is 102 cm³/mol. The minimum Gasteiger partial charge on any atom is -0.461 e. The fourth-order valence-electron chi connectivity index (χ4n) is 3.54. The monoisotopic (exact) mass is 363 g/mol. The molecule has 2 aromatic heterocycles. The van der Waals surface area contributed by atoms with Crippen molar-refractivity contribution in [2.24, 2.45) is 0 Å². The minimum absolute atomic E-state index is 0.283. The highest BCUT2D eigenvalue weighted by Gasteiger charge is 2.39. The number of rotatable bonds is 4. The largest absolute Gasteiger partial charge is 0.461 e. The standard InChI is InChI=1S/C20H21N5O2/c1-4-27-18(26)17-14-16(24-25-17)15-12(10-20(14,2)3)11-21-19(23-15)22-13-8-6-5-7-9-13/h5-9,11H,4,10H2,1-3H3,(H,24,25)(H,21,22,23). The van der Waals surface area contributed by atoms with E-state index in [-0.39, 0.29) is 11.4 Å². The molecule has 0 aliphatic heterocycles. The molecular formula is C20H21N5O2. The van der Waals surface area contributed by atoms with Gasteiger partial charge in [-0.05, 0) is 36.5 Å². The van der Waals surface area contributed by atoms with Crippen LogP contribution in [0.3, 0.4) is 0 Å². The van der Waals surface area contributed by atoms with E-state index >= 15 is 0 Å². The number of nitrogens with zero attached hydrogens (tertiary/aromatic N) is 3. The van der Waals surface area contributed by atoms with Gasteiger partial charge in [-0.2, -0.15) is 5.10 Å². The first-order valence-corrected chi connectivity index (χ1v) is 8.94. The Hall–Kier alpha value is -3.22. The molecule has 1 aromatic carbocycles. The molecule has 0 atom stereocenters. The summed E-state index contributed by atoms with van der Waals surface area (Å²) in [5.74, 6) is 0.103. The molecule has 1 aliphatic carbocycles. The summed E-state index contributed by atoms with van der Waals surface area (Å²) >= 11 is 0. The molecule has 0 bridgehead atoms. The lowest BCUT2D eigenvalue weighted by molar-refractivity contribution is 0.0516. The summed E-state index contributed by atoms with van der Waals surface area (Å²) in [5, 5.41) is 10.5. The molecule has 4 rings (SSSR count). The Bertz CT molecular complexity index is 995. The van der Waals surface area contributed by atoms with Crippen LogP contribution in [-0.4, -0.2) is 32.7 Å². The summed E-state index contributed by atoms with van der Waals surface area (Å²) in [6.07, 6.45) is 2.55. The molecule has 0 amide bonds. The SMILES string of the molecule is CCOC(=O)c1[nH]nc2c1C(C)(C)Cc1cnc(Nc3ccccc3)nc1-2. The van der Waals surface area contributed by atoms with Gasteiger partial charge in [-0.25, -0.2) is 14.8 Å². The predicted octanol–water partition coefficient (Wildman–Crippen LogP) is 3.62. The second-order valence-electron chi connectivity index (χ2n) is 7.16. The van der Waals surface area contributed by atoms with Crippen LogP contribution in [0.15, 0.2) is 36.5 Å². The van der Waals surface area contributed by atoms with Gasteiger partial charge in [0.2, 0.25) is 5.95 Å². The quantitative estimate of drug-likeness (QED) is 0.688. The maximum Gasteiger partial charge on any atom is 0.356 e. The number of benzene rings is 1. The Morgan fingerprint density at radius 3 is 2.78 bits per heavy atom. The molecule has 7 nitrogen and oxygen atoms in total. The van der Waals surface area contributed by atoms with E-state index in [1.807, 2.05) is 36.5 Å². The zero-order valence-electron chi connectivity index (χ0n) is 15.5. The third-order valence-electron chi connectivity index (χ3n) is 4.67. The van der Waals surface area contributed by atoms with Crippen LogP contribution < -0.4 is 5.32 Å². The number of esters is 1. The van der Waals surface area contributed by atoms with Crippen molar-refractivity contribution in [3.05, 3.63) is 53.3 Å². The van der Waals surface area contributed by atoms with Crippen LogP contribution in [0, 0.1) is 0 Å². The van der Waals surface area contributed by atoms with Gasteiger partial charge in [-0.15, -0.1) is 0 Å². The first-order valence-electron chi connectivity index (χ1n) is 8.94. The topological polar surface area (TPSA) is 92.8 Å². The molecule has 0 saturated carbocycles. The number of fused-ring (bicyclic) bond motifs is 3. The molecule has 0 spiro atoms. The Kier molecular flexibility index (Phi) is 4.14. The van der Waals surface area contributed by atoms with E-state index in [9.17, 15) is 4.79 Å². The highest BCUT2D eigenvalue weighted by molar-refractivity contribution is 5.92. The van der Waals surface area contributed by atoms with Gasteiger partial charge >= 0.3 is 5.97 Å². The van der Waals surface area contributed by atoms with Gasteiger partial charge in [0.25, 0.3) is 0 Å². The van der Waals surface area contributed by atoms with Crippen molar-refractivity contribution in [1.82, 2.24) is 20.2 Å². The average molecular weight is 363 g/mol. The van der Waals surface area contributed by atoms with Crippen LogP contribution in [0.1, 0.15) is 42.4 Å². The Balaban J connectivity index is 1.77. The van der Waals surface area contributed by atoms with Gasteiger partial charge in [0.15, 0.2) is 0 Å². The van der Waals surface area contributed by atoms with Crippen LogP contribution in [0.2, 0.25) is 0 Å². The normalized spacial score (nSPS) is 14.2. The van der Waals surface area contributed by atoms with Gasteiger partial charge < -0.3 is 10.1 Å². The van der Waals surface area contributed by atoms with E-state index in [4.69, 9.17) is 4.74 Å². The number of H-pyrrole nitrogens is 1. The molecule has 3 aromatic rings. The van der Waals surface area contributed by atoms with E-state index in [1.165, 1.54) is 0 Å². The van der Waals surface area contributed by atoms with Crippen LogP contribution in [0.25, 0.3) is 11.4 Å². The number of para-hydroxylation sites is 1. The lowest BCUT2D eigenvalue weighted by atomic mass is 9.73. The summed E-state index contributed by atoms with van der Waals surface area (Å²) in [6, 6.07) is 9.74. The van der Waals surface area contributed by atoms with E-state index in [0.717, 1.165) is 22.5 Å². The van der Waals surface area contributed by atoms with Gasteiger partial charge in [0.05, 0.1) is 12.3 Å². The Morgan fingerprint density at radius 2 is 2.04 bits per heavy atom. The van der Waals surface area contributed by atoms with Crippen molar-refractivity contribution < 1.29 is 9.53 Å². The van der Waals surface area contributed by atoms with E-state index in [0.29, 0.717) is 30.4 Å². The van der Waals surface area contributed by atoms with Crippen LogP contribution >= 0.6 is 0 Å². The number of aromatic amines is 1. The minimum atomic E-state index is -0.389. The smallest absolute Gasteiger partial charge is 0.356 e. The zero-order chi connectivity index (χ0) is 19.0. The van der Waals surface area contributed by atoms with E-state index < -0.39 is 0 Å². The van der Waals surface area contributed by atoms with Crippen molar-refractivity contribution in [3.8, 4) is 11.4 Å². The molecule has 7 heteroatoms. The number of hydrogen-bond acceptors (Lipinski definition) is 6. The Labute approximate surface area is 157 Å². The maximum absolute atomic E-state index is 12.3. The van der Waals surface area contributed by atoms with E-state index in [1.54, 1.807) is 6.92 Å². The molecule has 0 fully saturated rings. The summed E-state index contributed by atoms with van der Waals surface area (Å²) in [7, 11) is 0. The average Bonchev–Trinajstić information content (AvgIpc) is 3.10. The number of hydrogen-bond donors (Lipinski definition) is 2. The van der Waals surface area contributed by atoms with Gasteiger partial charge in [0.1, 0.15) is 11.4 Å². The highest BCUT2D eigenvalue weighted by Crippen LogP contribution is 2.43. The maximum atomic E-state index is 12.3. The van der Waals surface area contributed by atoms with Crippen molar-refractivity contribution in [2.45, 2.75) is 32.6 Å². The fourth-order valence-corrected chi connectivity index (χ4v) is 3.54. The number of carbonyl (C=O) groups is 1. The molecule has 0 radical (unpaired) electrons. The number of carbonyl (C=O) groups excluding carboxylic acids is 1. The van der Waals surface area contributed by atoms with Crippen molar-refractivity contribution >= 4 is 17.6 Å². The molecule has 0 saturated heterocycles. The molecule has 138 valence electrons.